The summed E-state index contributed by atoms with van der Waals surface area (Å²) in [6, 6.07) is 11.9. The molecule has 3 rings (SSSR count). The van der Waals surface area contributed by atoms with Gasteiger partial charge in [0.05, 0.1) is 12.3 Å². The van der Waals surface area contributed by atoms with Crippen LogP contribution in [0.25, 0.3) is 0 Å². The third-order valence-electron chi connectivity index (χ3n) is 3.83. The van der Waals surface area contributed by atoms with Crippen LogP contribution in [0.3, 0.4) is 0 Å². The van der Waals surface area contributed by atoms with Gasteiger partial charge in [-0.2, -0.15) is 0 Å². The minimum Gasteiger partial charge on any atom is -1.00 e. The number of thioether (sulfide) groups is 1. The summed E-state index contributed by atoms with van der Waals surface area (Å²) >= 11 is 7.75. The Labute approximate surface area is 178 Å². The molecule has 10 heteroatoms. The van der Waals surface area contributed by atoms with Gasteiger partial charge in [-0.05, 0) is 46.3 Å². The molecule has 0 spiro atoms. The van der Waals surface area contributed by atoms with Gasteiger partial charge in [0, 0.05) is 17.6 Å². The number of halogens is 3. The molecule has 1 heterocycles. The lowest BCUT2D eigenvalue weighted by Gasteiger charge is -2.11. The van der Waals surface area contributed by atoms with Crippen LogP contribution in [0.4, 0.5) is 4.39 Å². The van der Waals surface area contributed by atoms with E-state index in [1.54, 1.807) is 28.6 Å². The average molecular weight is 444 g/mol. The van der Waals surface area contributed by atoms with Gasteiger partial charge in [-0.15, -0.1) is 5.10 Å². The van der Waals surface area contributed by atoms with Crippen molar-refractivity contribution in [2.24, 2.45) is 7.05 Å². The topological polar surface area (TPSA) is 69.4 Å². The standard InChI is InChI=1S/C18H19ClFN5OS.ClH/c1-25-18(22-23-24-25)27-9-8-21-11-14-10-15(19)4-7-17(14)26-12-13-2-5-16(20)6-3-13;/h2-7,10,21H,8-9,11-12H2,1H3;1H. The summed E-state index contributed by atoms with van der Waals surface area (Å²) in [5.74, 6) is 1.42. The molecule has 0 saturated carbocycles. The lowest BCUT2D eigenvalue weighted by Crippen LogP contribution is -3.00. The Morgan fingerprint density at radius 3 is 2.71 bits per heavy atom. The predicted octanol–water partition coefficient (Wildman–Crippen LogP) is -0.559. The Morgan fingerprint density at radius 1 is 1.21 bits per heavy atom. The number of nitrogens with two attached hydrogens (primary N) is 1. The van der Waals surface area contributed by atoms with Gasteiger partial charge >= 0.3 is 0 Å². The second-order valence-electron chi connectivity index (χ2n) is 5.88. The summed E-state index contributed by atoms with van der Waals surface area (Å²) in [7, 11) is 1.82. The van der Waals surface area contributed by atoms with Gasteiger partial charge in [-0.25, -0.2) is 9.07 Å². The molecule has 2 aromatic carbocycles. The maximum absolute atomic E-state index is 13.0. The number of hydrogen-bond acceptors (Lipinski definition) is 5. The third-order valence-corrected chi connectivity index (χ3v) is 5.11. The van der Waals surface area contributed by atoms with Crippen molar-refractivity contribution in [1.82, 2.24) is 20.2 Å². The number of quaternary nitrogens is 1. The fourth-order valence-corrected chi connectivity index (χ4v) is 3.40. The van der Waals surface area contributed by atoms with Crippen molar-refractivity contribution in [3.8, 4) is 5.75 Å². The molecule has 0 aliphatic heterocycles. The first-order chi connectivity index (χ1) is 13.1. The average Bonchev–Trinajstić information content (AvgIpc) is 3.07. The summed E-state index contributed by atoms with van der Waals surface area (Å²) in [4.78, 5) is 0. The Morgan fingerprint density at radius 2 is 2.00 bits per heavy atom. The second kappa shape index (κ2) is 11.2. The SMILES string of the molecule is Cn1nnnc1SCC[NH2+]Cc1cc(Cl)ccc1OCc1ccc(F)cc1.[Cl-]. The van der Waals surface area contributed by atoms with Crippen LogP contribution in [-0.4, -0.2) is 32.5 Å². The lowest BCUT2D eigenvalue weighted by molar-refractivity contribution is -0.666. The Hall–Kier alpha value is -1.87. The van der Waals surface area contributed by atoms with Gasteiger partial charge in [0.25, 0.3) is 0 Å². The van der Waals surface area contributed by atoms with Gasteiger partial charge in [0.1, 0.15) is 24.7 Å². The molecule has 1 aromatic heterocycles. The Kier molecular flexibility index (Phi) is 8.98. The van der Waals surface area contributed by atoms with E-state index in [4.69, 9.17) is 16.3 Å². The van der Waals surface area contributed by atoms with Crippen LogP contribution in [0.15, 0.2) is 47.6 Å². The monoisotopic (exact) mass is 443 g/mol. The summed E-state index contributed by atoms with van der Waals surface area (Å²) in [5, 5.41) is 15.0. The summed E-state index contributed by atoms with van der Waals surface area (Å²) < 4.78 is 20.6. The normalized spacial score (nSPS) is 10.5. The van der Waals surface area contributed by atoms with E-state index in [9.17, 15) is 4.39 Å². The van der Waals surface area contributed by atoms with E-state index in [0.29, 0.717) is 11.6 Å². The van der Waals surface area contributed by atoms with E-state index in [2.05, 4.69) is 20.8 Å². The van der Waals surface area contributed by atoms with Crippen LogP contribution >= 0.6 is 23.4 Å². The number of benzene rings is 2. The van der Waals surface area contributed by atoms with Crippen molar-refractivity contribution in [3.63, 3.8) is 0 Å². The van der Waals surface area contributed by atoms with Crippen LogP contribution < -0.4 is 22.5 Å². The first-order valence-electron chi connectivity index (χ1n) is 8.44. The van der Waals surface area contributed by atoms with E-state index in [-0.39, 0.29) is 18.2 Å². The van der Waals surface area contributed by atoms with Gasteiger partial charge in [0.2, 0.25) is 5.16 Å². The number of ether oxygens (including phenoxy) is 1. The molecular formula is C18H20Cl2FN5OS. The quantitative estimate of drug-likeness (QED) is 0.354. The first kappa shape index (κ1) is 22.4. The van der Waals surface area contributed by atoms with Gasteiger partial charge in [-0.3, -0.25) is 0 Å². The van der Waals surface area contributed by atoms with Crippen molar-refractivity contribution in [2.75, 3.05) is 12.3 Å². The lowest BCUT2D eigenvalue weighted by atomic mass is 10.2. The van der Waals surface area contributed by atoms with Gasteiger partial charge < -0.3 is 22.5 Å². The van der Waals surface area contributed by atoms with E-state index in [1.807, 2.05) is 25.2 Å². The van der Waals surface area contributed by atoms with E-state index < -0.39 is 0 Å². The molecule has 0 unspecified atom stereocenters. The van der Waals surface area contributed by atoms with Crippen LogP contribution in [0.2, 0.25) is 5.02 Å². The van der Waals surface area contributed by atoms with Gasteiger partial charge in [0.15, 0.2) is 0 Å². The molecule has 0 amide bonds. The number of hydrogen-bond donors (Lipinski definition) is 1. The van der Waals surface area contributed by atoms with Crippen molar-refractivity contribution in [3.05, 3.63) is 64.4 Å². The third kappa shape index (κ3) is 6.63. The number of aromatic nitrogens is 4. The van der Waals surface area contributed by atoms with Crippen molar-refractivity contribution in [2.45, 2.75) is 18.3 Å². The molecule has 0 radical (unpaired) electrons. The van der Waals surface area contributed by atoms with E-state index >= 15 is 0 Å². The molecule has 3 aromatic rings. The molecule has 6 nitrogen and oxygen atoms in total. The molecule has 2 N–H and O–H groups in total. The zero-order chi connectivity index (χ0) is 19.1. The van der Waals surface area contributed by atoms with Crippen molar-refractivity contribution < 1.29 is 26.9 Å². The highest BCUT2D eigenvalue weighted by atomic mass is 35.5. The maximum atomic E-state index is 13.0. The van der Waals surface area contributed by atoms with Crippen LogP contribution in [0.1, 0.15) is 11.1 Å². The summed E-state index contributed by atoms with van der Waals surface area (Å²) in [5.41, 5.74) is 1.94. The number of aryl methyl sites for hydroxylation is 1. The fraction of sp³-hybridized carbons (Fsp3) is 0.278. The van der Waals surface area contributed by atoms with Crippen molar-refractivity contribution >= 4 is 23.4 Å². The van der Waals surface area contributed by atoms with Gasteiger partial charge in [-0.1, -0.05) is 35.5 Å². The molecule has 0 aliphatic carbocycles. The minimum absolute atomic E-state index is 0. The zero-order valence-electron chi connectivity index (χ0n) is 15.2. The fourth-order valence-electron chi connectivity index (χ4n) is 2.42. The molecule has 0 aliphatic rings. The second-order valence-corrected chi connectivity index (χ2v) is 7.38. The van der Waals surface area contributed by atoms with Crippen LogP contribution in [0, 0.1) is 5.82 Å². The highest BCUT2D eigenvalue weighted by molar-refractivity contribution is 7.99. The predicted molar refractivity (Wildman–Crippen MR) is 102 cm³/mol. The molecule has 0 bridgehead atoms. The number of tetrazole rings is 1. The zero-order valence-corrected chi connectivity index (χ0v) is 17.5. The van der Waals surface area contributed by atoms with E-state index in [1.165, 1.54) is 12.1 Å². The number of nitrogens with zero attached hydrogens (tertiary/aromatic N) is 4. The smallest absolute Gasteiger partial charge is 0.209 e. The molecular weight excluding hydrogens is 424 g/mol. The Balaban J connectivity index is 0.00000280. The molecule has 0 fully saturated rings. The first-order valence-corrected chi connectivity index (χ1v) is 9.80. The molecule has 150 valence electrons. The minimum atomic E-state index is -0.254. The molecule has 0 saturated heterocycles. The summed E-state index contributed by atoms with van der Waals surface area (Å²) in [6.45, 7) is 2.03. The maximum Gasteiger partial charge on any atom is 0.209 e. The highest BCUT2D eigenvalue weighted by Crippen LogP contribution is 2.23. The highest BCUT2D eigenvalue weighted by Gasteiger charge is 2.08. The van der Waals surface area contributed by atoms with Crippen molar-refractivity contribution in [1.29, 1.82) is 0 Å². The van der Waals surface area contributed by atoms with Crippen LogP contribution in [-0.2, 0) is 20.2 Å². The summed E-state index contributed by atoms with van der Waals surface area (Å²) in [6.07, 6.45) is 0. The Bertz CT molecular complexity index is 879. The van der Waals surface area contributed by atoms with E-state index in [0.717, 1.165) is 40.9 Å². The van der Waals surface area contributed by atoms with Crippen LogP contribution in [0.5, 0.6) is 5.75 Å². The molecule has 28 heavy (non-hydrogen) atoms. The number of rotatable bonds is 9. The largest absolute Gasteiger partial charge is 1.00 e. The molecule has 0 atom stereocenters.